The monoisotopic (exact) mass is 290 g/mol. The summed E-state index contributed by atoms with van der Waals surface area (Å²) in [6, 6.07) is 7.98. The normalized spacial score (nSPS) is 14.0. The fourth-order valence-electron chi connectivity index (χ4n) is 1.97. The molecule has 21 heavy (non-hydrogen) atoms. The van der Waals surface area contributed by atoms with Crippen LogP contribution in [0.15, 0.2) is 30.3 Å². The van der Waals surface area contributed by atoms with Crippen LogP contribution >= 0.6 is 0 Å². The van der Waals surface area contributed by atoms with Gasteiger partial charge in [0.2, 0.25) is 5.91 Å². The van der Waals surface area contributed by atoms with E-state index in [0.717, 1.165) is 17.7 Å². The Labute approximate surface area is 127 Å². The van der Waals surface area contributed by atoms with Crippen molar-refractivity contribution in [2.45, 2.75) is 32.2 Å². The number of carbonyl (C=O) groups is 1. The zero-order valence-electron chi connectivity index (χ0n) is 13.4. The number of rotatable bonds is 7. The summed E-state index contributed by atoms with van der Waals surface area (Å²) >= 11 is 0. The molecule has 1 amide bonds. The highest BCUT2D eigenvalue weighted by Gasteiger charge is 2.22. The van der Waals surface area contributed by atoms with Crippen LogP contribution < -0.4 is 10.2 Å². The van der Waals surface area contributed by atoms with Crippen LogP contribution in [0.3, 0.4) is 0 Å². The van der Waals surface area contributed by atoms with Gasteiger partial charge in [0.05, 0.1) is 0 Å². The van der Waals surface area contributed by atoms with Crippen molar-refractivity contribution in [3.63, 3.8) is 0 Å². The standard InChI is InChI=1S/C17H26N2O2/c1-5-17(2,12-13-20)18-16(21)11-8-14-6-9-15(10-7-14)19(3)4/h6-11,20H,5,12-13H2,1-4H3,(H,18,21)/b11-8+. The predicted molar refractivity (Wildman–Crippen MR) is 88.3 cm³/mol. The molecule has 0 radical (unpaired) electrons. The lowest BCUT2D eigenvalue weighted by atomic mass is 9.95. The van der Waals surface area contributed by atoms with Crippen LogP contribution in [-0.4, -0.2) is 37.3 Å². The van der Waals surface area contributed by atoms with Gasteiger partial charge < -0.3 is 15.3 Å². The van der Waals surface area contributed by atoms with E-state index in [2.05, 4.69) is 5.32 Å². The summed E-state index contributed by atoms with van der Waals surface area (Å²) < 4.78 is 0. The van der Waals surface area contributed by atoms with Crippen molar-refractivity contribution in [1.82, 2.24) is 5.32 Å². The van der Waals surface area contributed by atoms with Crippen LogP contribution in [-0.2, 0) is 4.79 Å². The van der Waals surface area contributed by atoms with E-state index in [4.69, 9.17) is 5.11 Å². The summed E-state index contributed by atoms with van der Waals surface area (Å²) in [5, 5.41) is 12.0. The molecule has 4 heteroatoms. The minimum atomic E-state index is -0.356. The molecule has 2 N–H and O–H groups in total. The van der Waals surface area contributed by atoms with Crippen molar-refractivity contribution in [3.8, 4) is 0 Å². The number of benzene rings is 1. The average molecular weight is 290 g/mol. The Morgan fingerprint density at radius 1 is 1.33 bits per heavy atom. The number of amides is 1. The minimum Gasteiger partial charge on any atom is -0.396 e. The first-order valence-corrected chi connectivity index (χ1v) is 7.28. The molecule has 1 aromatic carbocycles. The van der Waals surface area contributed by atoms with Crippen LogP contribution in [0.2, 0.25) is 0 Å². The van der Waals surface area contributed by atoms with Crippen LogP contribution in [0.4, 0.5) is 5.69 Å². The SMILES string of the molecule is CCC(C)(CCO)NC(=O)/C=C/c1ccc(N(C)C)cc1. The molecule has 1 atom stereocenters. The molecule has 0 aliphatic carbocycles. The first-order chi connectivity index (χ1) is 9.90. The molecule has 0 saturated heterocycles. The van der Waals surface area contributed by atoms with Crippen molar-refractivity contribution in [2.75, 3.05) is 25.6 Å². The van der Waals surface area contributed by atoms with E-state index in [9.17, 15) is 4.79 Å². The first-order valence-electron chi connectivity index (χ1n) is 7.28. The van der Waals surface area contributed by atoms with Gasteiger partial charge in [0.25, 0.3) is 0 Å². The lowest BCUT2D eigenvalue weighted by Crippen LogP contribution is -2.45. The molecule has 0 aliphatic heterocycles. The van der Waals surface area contributed by atoms with Crippen molar-refractivity contribution < 1.29 is 9.90 Å². The van der Waals surface area contributed by atoms with Crippen molar-refractivity contribution in [2.24, 2.45) is 0 Å². The fraction of sp³-hybridized carbons (Fsp3) is 0.471. The molecule has 0 aliphatic rings. The third-order valence-corrected chi connectivity index (χ3v) is 3.71. The fourth-order valence-corrected chi connectivity index (χ4v) is 1.97. The van der Waals surface area contributed by atoms with E-state index in [1.165, 1.54) is 6.08 Å². The lowest BCUT2D eigenvalue weighted by Gasteiger charge is -2.28. The van der Waals surface area contributed by atoms with Crippen LogP contribution in [0.25, 0.3) is 6.08 Å². The number of carbonyl (C=O) groups excluding carboxylic acids is 1. The average Bonchev–Trinajstić information content (AvgIpc) is 2.45. The number of aliphatic hydroxyl groups is 1. The molecule has 0 spiro atoms. The Morgan fingerprint density at radius 2 is 1.95 bits per heavy atom. The quantitative estimate of drug-likeness (QED) is 0.758. The lowest BCUT2D eigenvalue weighted by molar-refractivity contribution is -0.118. The molecule has 0 bridgehead atoms. The van der Waals surface area contributed by atoms with Gasteiger partial charge in [-0.2, -0.15) is 0 Å². The van der Waals surface area contributed by atoms with Gasteiger partial charge in [0.1, 0.15) is 0 Å². The van der Waals surface area contributed by atoms with Crippen molar-refractivity contribution in [1.29, 1.82) is 0 Å². The highest BCUT2D eigenvalue weighted by Crippen LogP contribution is 2.15. The van der Waals surface area contributed by atoms with Crippen molar-refractivity contribution in [3.05, 3.63) is 35.9 Å². The van der Waals surface area contributed by atoms with Gasteiger partial charge in [-0.1, -0.05) is 19.1 Å². The van der Waals surface area contributed by atoms with E-state index in [0.29, 0.717) is 6.42 Å². The largest absolute Gasteiger partial charge is 0.396 e. The van der Waals surface area contributed by atoms with E-state index in [1.807, 2.05) is 57.1 Å². The Morgan fingerprint density at radius 3 is 2.43 bits per heavy atom. The molecule has 116 valence electrons. The van der Waals surface area contributed by atoms with Crippen LogP contribution in [0.1, 0.15) is 32.3 Å². The molecule has 1 rings (SSSR count). The zero-order valence-corrected chi connectivity index (χ0v) is 13.4. The van der Waals surface area contributed by atoms with E-state index < -0.39 is 0 Å². The third kappa shape index (κ3) is 5.60. The van der Waals surface area contributed by atoms with Gasteiger partial charge in [0, 0.05) is 38.0 Å². The van der Waals surface area contributed by atoms with Gasteiger partial charge in [-0.25, -0.2) is 0 Å². The molecule has 0 heterocycles. The Hall–Kier alpha value is -1.81. The second-order valence-corrected chi connectivity index (χ2v) is 5.70. The summed E-state index contributed by atoms with van der Waals surface area (Å²) in [6.45, 7) is 4.01. The van der Waals surface area contributed by atoms with Gasteiger partial charge in [-0.05, 0) is 43.5 Å². The second kappa shape index (κ2) is 7.84. The van der Waals surface area contributed by atoms with Gasteiger partial charge >= 0.3 is 0 Å². The van der Waals surface area contributed by atoms with Crippen molar-refractivity contribution >= 4 is 17.7 Å². The Bertz CT molecular complexity index is 480. The molecular weight excluding hydrogens is 264 g/mol. The highest BCUT2D eigenvalue weighted by atomic mass is 16.3. The molecule has 0 aromatic heterocycles. The number of anilines is 1. The Kier molecular flexibility index (Phi) is 6.43. The Balaban J connectivity index is 2.65. The molecular formula is C17H26N2O2. The highest BCUT2D eigenvalue weighted by molar-refractivity contribution is 5.92. The number of hydrogen-bond donors (Lipinski definition) is 2. The maximum atomic E-state index is 12.0. The first kappa shape index (κ1) is 17.2. The predicted octanol–water partition coefficient (Wildman–Crippen LogP) is 2.43. The van der Waals surface area contributed by atoms with E-state index in [-0.39, 0.29) is 18.1 Å². The van der Waals surface area contributed by atoms with E-state index in [1.54, 1.807) is 6.08 Å². The number of aliphatic hydroxyl groups excluding tert-OH is 1. The molecule has 1 aromatic rings. The molecule has 4 nitrogen and oxygen atoms in total. The van der Waals surface area contributed by atoms with E-state index >= 15 is 0 Å². The smallest absolute Gasteiger partial charge is 0.244 e. The summed E-state index contributed by atoms with van der Waals surface area (Å²) in [5.74, 6) is -0.135. The minimum absolute atomic E-state index is 0.0698. The van der Waals surface area contributed by atoms with Crippen LogP contribution in [0.5, 0.6) is 0 Å². The van der Waals surface area contributed by atoms with Gasteiger partial charge in [0.15, 0.2) is 0 Å². The topological polar surface area (TPSA) is 52.6 Å². The number of nitrogens with one attached hydrogen (secondary N) is 1. The van der Waals surface area contributed by atoms with Gasteiger partial charge in [-0.3, -0.25) is 4.79 Å². The molecule has 1 unspecified atom stereocenters. The van der Waals surface area contributed by atoms with Gasteiger partial charge in [-0.15, -0.1) is 0 Å². The van der Waals surface area contributed by atoms with Crippen LogP contribution in [0, 0.1) is 0 Å². The number of hydrogen-bond acceptors (Lipinski definition) is 3. The molecule has 0 saturated carbocycles. The third-order valence-electron chi connectivity index (χ3n) is 3.71. The maximum absolute atomic E-state index is 12.0. The summed E-state index contributed by atoms with van der Waals surface area (Å²) in [6.07, 6.45) is 4.67. The molecule has 0 fully saturated rings. The summed E-state index contributed by atoms with van der Waals surface area (Å²) in [5.41, 5.74) is 1.75. The summed E-state index contributed by atoms with van der Waals surface area (Å²) in [4.78, 5) is 14.0. The number of nitrogens with zero attached hydrogens (tertiary/aromatic N) is 1. The second-order valence-electron chi connectivity index (χ2n) is 5.70. The maximum Gasteiger partial charge on any atom is 0.244 e. The zero-order chi connectivity index (χ0) is 15.9. The summed E-state index contributed by atoms with van der Waals surface area (Å²) in [7, 11) is 3.98.